The molecule has 0 aliphatic carbocycles. The molecule has 0 bridgehead atoms. The summed E-state index contributed by atoms with van der Waals surface area (Å²) in [5.41, 5.74) is 3.56. The molecule has 3 rings (SSSR count). The molecule has 33 heavy (non-hydrogen) atoms. The van der Waals surface area contributed by atoms with E-state index >= 15 is 0 Å². The maximum absolute atomic E-state index is 14.8. The second-order valence-corrected chi connectivity index (χ2v) is 9.18. The highest BCUT2D eigenvalue weighted by molar-refractivity contribution is 8.15. The number of nitrogens with two attached hydrogens (primary N) is 1. The van der Waals surface area contributed by atoms with Gasteiger partial charge in [0.05, 0.1) is 22.7 Å². The van der Waals surface area contributed by atoms with Crippen molar-refractivity contribution in [2.24, 2.45) is 10.7 Å². The van der Waals surface area contributed by atoms with E-state index < -0.39 is 34.3 Å². The Bertz CT molecular complexity index is 1140. The van der Waals surface area contributed by atoms with Gasteiger partial charge in [0.1, 0.15) is 5.69 Å². The molecule has 1 amide bonds. The normalized spacial score (nSPS) is 22.4. The molecule has 174 valence electrons. The van der Waals surface area contributed by atoms with Gasteiger partial charge in [-0.3, -0.25) is 9.79 Å². The van der Waals surface area contributed by atoms with Gasteiger partial charge in [0.15, 0.2) is 23.4 Å². The zero-order valence-electron chi connectivity index (χ0n) is 17.5. The molecule has 1 aromatic heterocycles. The summed E-state index contributed by atoms with van der Waals surface area (Å²) in [7, 11) is 0. The van der Waals surface area contributed by atoms with E-state index in [1.807, 2.05) is 0 Å². The van der Waals surface area contributed by atoms with Crippen molar-refractivity contribution < 1.29 is 27.1 Å². The van der Waals surface area contributed by atoms with Gasteiger partial charge < -0.3 is 15.8 Å². The van der Waals surface area contributed by atoms with Crippen molar-refractivity contribution in [3.8, 4) is 18.2 Å². The van der Waals surface area contributed by atoms with Crippen LogP contribution in [0.4, 0.5) is 23.2 Å². The fourth-order valence-corrected chi connectivity index (χ4v) is 4.58. The molecule has 2 aromatic rings. The van der Waals surface area contributed by atoms with E-state index in [4.69, 9.17) is 16.9 Å². The van der Waals surface area contributed by atoms with E-state index in [1.165, 1.54) is 20.0 Å². The number of aromatic nitrogens is 2. The van der Waals surface area contributed by atoms with E-state index in [2.05, 4.69) is 26.2 Å². The number of amides is 1. The zero-order valence-corrected chi connectivity index (χ0v) is 18.4. The van der Waals surface area contributed by atoms with E-state index in [0.29, 0.717) is 11.8 Å². The highest BCUT2D eigenvalue weighted by atomic mass is 32.2. The lowest BCUT2D eigenvalue weighted by atomic mass is 9.82. The molecule has 0 unspecified atom stereocenters. The Kier molecular flexibility index (Phi) is 6.83. The van der Waals surface area contributed by atoms with Crippen LogP contribution < -0.4 is 15.8 Å². The smallest absolute Gasteiger partial charge is 0.275 e. The Morgan fingerprint density at radius 3 is 2.67 bits per heavy atom. The van der Waals surface area contributed by atoms with Crippen LogP contribution in [0.1, 0.15) is 36.3 Å². The molecule has 0 saturated carbocycles. The van der Waals surface area contributed by atoms with Gasteiger partial charge in [-0.1, -0.05) is 17.7 Å². The number of benzene rings is 1. The number of nitrogens with zero attached hydrogens (tertiary/aromatic N) is 3. The lowest BCUT2D eigenvalue weighted by Gasteiger charge is -2.40. The van der Waals surface area contributed by atoms with Crippen LogP contribution in [0.5, 0.6) is 5.88 Å². The second-order valence-electron chi connectivity index (χ2n) is 7.62. The molecule has 1 aliphatic rings. The van der Waals surface area contributed by atoms with Crippen molar-refractivity contribution in [2.75, 3.05) is 11.9 Å². The van der Waals surface area contributed by atoms with E-state index in [9.17, 15) is 22.4 Å². The summed E-state index contributed by atoms with van der Waals surface area (Å²) < 4.78 is 59.9. The highest BCUT2D eigenvalue weighted by Gasteiger charge is 2.48. The van der Waals surface area contributed by atoms with Crippen LogP contribution in [0, 0.1) is 24.0 Å². The molecular weight excluding hydrogens is 462 g/mol. The molecular formula is C21H19F4N5O2S. The molecule has 1 aromatic carbocycles. The van der Waals surface area contributed by atoms with Gasteiger partial charge in [0.25, 0.3) is 12.3 Å². The molecule has 2 heterocycles. The van der Waals surface area contributed by atoms with E-state index in [0.717, 1.165) is 18.3 Å². The van der Waals surface area contributed by atoms with Crippen LogP contribution in [-0.4, -0.2) is 38.8 Å². The number of halogens is 4. The third kappa shape index (κ3) is 5.19. The molecule has 12 heteroatoms. The number of aliphatic imine (C=N–C) groups is 1. The predicted octanol–water partition coefficient (Wildman–Crippen LogP) is 3.71. The minimum Gasteiger partial charge on any atom is -0.463 e. The number of thioether (sulfide) groups is 1. The van der Waals surface area contributed by atoms with Crippen molar-refractivity contribution in [2.45, 2.75) is 37.0 Å². The Balaban J connectivity index is 1.91. The summed E-state index contributed by atoms with van der Waals surface area (Å²) >= 11 is 0.677. The number of anilines is 1. The summed E-state index contributed by atoms with van der Waals surface area (Å²) in [5.74, 6) is -0.989. The van der Waals surface area contributed by atoms with Gasteiger partial charge in [0, 0.05) is 17.3 Å². The van der Waals surface area contributed by atoms with Gasteiger partial charge in [-0.2, -0.15) is 0 Å². The number of amidine groups is 1. The molecule has 0 spiro atoms. The van der Waals surface area contributed by atoms with E-state index in [-0.39, 0.29) is 41.0 Å². The maximum atomic E-state index is 14.8. The molecule has 2 atom stereocenters. The SMILES string of the molecule is C#CCOc1cnc(C(=O)Nc2cc(F)c(F)c([C@]3(C)C[C@](C)(C(F)F)SC(N)=N3)c2)cn1. The third-order valence-corrected chi connectivity index (χ3v) is 5.97. The number of ether oxygens (including phenoxy) is 1. The molecule has 1 aliphatic heterocycles. The van der Waals surface area contributed by atoms with Gasteiger partial charge in [-0.25, -0.2) is 27.5 Å². The van der Waals surface area contributed by atoms with E-state index in [1.54, 1.807) is 0 Å². The monoisotopic (exact) mass is 481 g/mol. The van der Waals surface area contributed by atoms with Crippen molar-refractivity contribution in [3.05, 3.63) is 47.4 Å². The van der Waals surface area contributed by atoms with Crippen molar-refractivity contribution in [3.63, 3.8) is 0 Å². The minimum absolute atomic E-state index is 0.0350. The Hall–Kier alpha value is -3.33. The first-order chi connectivity index (χ1) is 15.5. The number of terminal acetylenes is 1. The molecule has 7 nitrogen and oxygen atoms in total. The van der Waals surface area contributed by atoms with Crippen LogP contribution in [0.25, 0.3) is 0 Å². The van der Waals surface area contributed by atoms with Crippen LogP contribution in [0.15, 0.2) is 29.5 Å². The summed E-state index contributed by atoms with van der Waals surface area (Å²) in [6.07, 6.45) is 4.25. The first-order valence-electron chi connectivity index (χ1n) is 9.49. The quantitative estimate of drug-likeness (QED) is 0.482. The van der Waals surface area contributed by atoms with Crippen LogP contribution in [0.2, 0.25) is 0 Å². The topological polar surface area (TPSA) is 102 Å². The Labute approximate surface area is 191 Å². The average molecular weight is 481 g/mol. The first-order valence-corrected chi connectivity index (χ1v) is 10.3. The number of hydrogen-bond donors (Lipinski definition) is 2. The Morgan fingerprint density at radius 2 is 2.06 bits per heavy atom. The summed E-state index contributed by atoms with van der Waals surface area (Å²) in [4.78, 5) is 24.4. The fraction of sp³-hybridized carbons (Fsp3) is 0.333. The maximum Gasteiger partial charge on any atom is 0.275 e. The van der Waals surface area contributed by atoms with Crippen molar-refractivity contribution in [1.82, 2.24) is 9.97 Å². The molecule has 0 fully saturated rings. The van der Waals surface area contributed by atoms with Gasteiger partial charge in [-0.15, -0.1) is 6.42 Å². The van der Waals surface area contributed by atoms with Crippen LogP contribution >= 0.6 is 11.8 Å². The predicted molar refractivity (Wildman–Crippen MR) is 116 cm³/mol. The standard InChI is InChI=1S/C21H19F4N5O2S/c1-4-5-32-15-9-27-14(8-28-15)17(31)29-11-6-12(16(23)13(22)7-11)20(2)10-21(3,18(24)25)33-19(26)30-20/h1,6-9,18H,5,10H2,2-3H3,(H2,26,30)(H,29,31)/t20-,21+/m0/s1. The van der Waals surface area contributed by atoms with Gasteiger partial charge >= 0.3 is 0 Å². The lowest BCUT2D eigenvalue weighted by Crippen LogP contribution is -2.44. The number of rotatable bonds is 6. The molecule has 3 N–H and O–H groups in total. The number of nitrogens with one attached hydrogen (secondary N) is 1. The van der Waals surface area contributed by atoms with Crippen LogP contribution in [0.3, 0.4) is 0 Å². The van der Waals surface area contributed by atoms with Crippen LogP contribution in [-0.2, 0) is 5.54 Å². The number of hydrogen-bond acceptors (Lipinski definition) is 7. The largest absolute Gasteiger partial charge is 0.463 e. The zero-order chi connectivity index (χ0) is 24.4. The van der Waals surface area contributed by atoms with Gasteiger partial charge in [0.2, 0.25) is 5.88 Å². The first kappa shape index (κ1) is 24.3. The van der Waals surface area contributed by atoms with Crippen molar-refractivity contribution in [1.29, 1.82) is 0 Å². The fourth-order valence-electron chi connectivity index (χ4n) is 3.41. The number of carbonyl (C=O) groups is 1. The summed E-state index contributed by atoms with van der Waals surface area (Å²) in [5, 5.41) is 2.21. The number of carbonyl (C=O) groups excluding carboxylic acids is 1. The minimum atomic E-state index is -2.79. The lowest BCUT2D eigenvalue weighted by molar-refractivity contribution is 0.0892. The van der Waals surface area contributed by atoms with Crippen molar-refractivity contribution >= 4 is 28.5 Å². The molecule has 0 saturated heterocycles. The summed E-state index contributed by atoms with van der Waals surface area (Å²) in [6, 6.07) is 1.89. The number of alkyl halides is 2. The highest BCUT2D eigenvalue weighted by Crippen LogP contribution is 2.49. The average Bonchev–Trinajstić information content (AvgIpc) is 2.74. The summed E-state index contributed by atoms with van der Waals surface area (Å²) in [6.45, 7) is 2.62. The van der Waals surface area contributed by atoms with Gasteiger partial charge in [-0.05, 0) is 26.3 Å². The third-order valence-electron chi connectivity index (χ3n) is 4.88. The second kappa shape index (κ2) is 9.27. The molecule has 0 radical (unpaired) electrons. The Morgan fingerprint density at radius 1 is 1.33 bits per heavy atom.